The minimum atomic E-state index is -0.969. The van der Waals surface area contributed by atoms with Crippen molar-refractivity contribution in [2.75, 3.05) is 0 Å². The number of hydrogen-bond donors (Lipinski definition) is 3. The van der Waals surface area contributed by atoms with Gasteiger partial charge in [-0.3, -0.25) is 4.79 Å². The van der Waals surface area contributed by atoms with Crippen molar-refractivity contribution in [2.24, 2.45) is 5.92 Å². The Bertz CT molecular complexity index is 1040. The minimum Gasteiger partial charge on any atom is -0.531 e. The van der Waals surface area contributed by atoms with Crippen LogP contribution in [0.5, 0.6) is 5.75 Å². The van der Waals surface area contributed by atoms with Gasteiger partial charge in [0.25, 0.3) is 5.91 Å². The molecule has 2 aromatic heterocycles. The summed E-state index contributed by atoms with van der Waals surface area (Å²) in [5.41, 5.74) is 3.53. The average molecular weight is 359 g/mol. The van der Waals surface area contributed by atoms with Crippen LogP contribution in [0.4, 0.5) is 0 Å². The van der Waals surface area contributed by atoms with Gasteiger partial charge >= 0.3 is 7.12 Å². The molecule has 5 rings (SSSR count). The van der Waals surface area contributed by atoms with Crippen LogP contribution in [-0.2, 0) is 0 Å². The van der Waals surface area contributed by atoms with E-state index in [2.05, 4.69) is 15.3 Å². The van der Waals surface area contributed by atoms with Crippen LogP contribution < -0.4 is 9.97 Å². The molecule has 1 amide bonds. The van der Waals surface area contributed by atoms with E-state index in [9.17, 15) is 9.82 Å². The van der Waals surface area contributed by atoms with Crippen molar-refractivity contribution >= 4 is 29.6 Å². The number of aromatic amines is 1. The number of fused-ring (bicyclic) bond motifs is 3. The fourth-order valence-corrected chi connectivity index (χ4v) is 3.97. The smallest absolute Gasteiger partial charge is 0.531 e. The van der Waals surface area contributed by atoms with E-state index in [-0.39, 0.29) is 17.9 Å². The van der Waals surface area contributed by atoms with Crippen LogP contribution in [0.15, 0.2) is 54.8 Å². The quantitative estimate of drug-likeness (QED) is 0.628. The molecular formula is C20H18BN3O3. The van der Waals surface area contributed by atoms with E-state index in [0.717, 1.165) is 35.0 Å². The second-order valence-corrected chi connectivity index (χ2v) is 7.07. The van der Waals surface area contributed by atoms with Crippen LogP contribution >= 0.6 is 0 Å². The fraction of sp³-hybridized carbons (Fsp3) is 0.200. The number of rotatable bonds is 3. The van der Waals surface area contributed by atoms with Crippen molar-refractivity contribution in [3.8, 4) is 5.75 Å². The van der Waals surface area contributed by atoms with E-state index in [1.165, 1.54) is 0 Å². The van der Waals surface area contributed by atoms with Crippen molar-refractivity contribution in [1.82, 2.24) is 15.3 Å². The van der Waals surface area contributed by atoms with Crippen molar-refractivity contribution in [3.63, 3.8) is 0 Å². The Balaban J connectivity index is 1.35. The van der Waals surface area contributed by atoms with Crippen LogP contribution in [0.1, 0.15) is 28.8 Å². The normalized spacial score (nSPS) is 21.1. The van der Waals surface area contributed by atoms with Gasteiger partial charge in [0.2, 0.25) is 0 Å². The minimum absolute atomic E-state index is 0.0438. The Labute approximate surface area is 156 Å². The monoisotopic (exact) mass is 359 g/mol. The lowest BCUT2D eigenvalue weighted by Crippen LogP contribution is -2.45. The topological polar surface area (TPSA) is 87.2 Å². The van der Waals surface area contributed by atoms with Gasteiger partial charge < -0.3 is 20.0 Å². The summed E-state index contributed by atoms with van der Waals surface area (Å²) >= 11 is 0. The summed E-state index contributed by atoms with van der Waals surface area (Å²) in [5, 5.41) is 14.2. The lowest BCUT2D eigenvalue weighted by molar-refractivity contribution is 0.0905. The summed E-state index contributed by atoms with van der Waals surface area (Å²) in [6.07, 6.45) is 5.18. The Morgan fingerprint density at radius 2 is 2.07 bits per heavy atom. The molecule has 27 heavy (non-hydrogen) atoms. The molecule has 134 valence electrons. The Hall–Kier alpha value is -3.06. The molecule has 0 atom stereocenters. The summed E-state index contributed by atoms with van der Waals surface area (Å²) in [6, 6.07) is 11.4. The fourth-order valence-electron chi connectivity index (χ4n) is 3.97. The van der Waals surface area contributed by atoms with Gasteiger partial charge in [-0.25, -0.2) is 4.98 Å². The molecule has 1 fully saturated rings. The Morgan fingerprint density at radius 3 is 2.89 bits per heavy atom. The third-order valence-electron chi connectivity index (χ3n) is 5.36. The first-order valence-corrected chi connectivity index (χ1v) is 9.08. The average Bonchev–Trinajstić information content (AvgIpc) is 3.13. The molecule has 3 aromatic rings. The second kappa shape index (κ2) is 6.28. The van der Waals surface area contributed by atoms with Crippen LogP contribution in [0.3, 0.4) is 0 Å². The van der Waals surface area contributed by atoms with Crippen molar-refractivity contribution in [2.45, 2.75) is 18.9 Å². The third kappa shape index (κ3) is 2.80. The molecule has 1 saturated carbocycles. The highest BCUT2D eigenvalue weighted by Crippen LogP contribution is 2.45. The number of nitrogens with zero attached hydrogens (tertiary/aromatic N) is 1. The van der Waals surface area contributed by atoms with Crippen LogP contribution in [-0.4, -0.2) is 34.1 Å². The zero-order valence-corrected chi connectivity index (χ0v) is 14.6. The molecule has 0 radical (unpaired) electrons. The van der Waals surface area contributed by atoms with E-state index in [1.54, 1.807) is 12.2 Å². The van der Waals surface area contributed by atoms with Gasteiger partial charge in [0.15, 0.2) is 0 Å². The van der Waals surface area contributed by atoms with E-state index in [4.69, 9.17) is 4.65 Å². The van der Waals surface area contributed by atoms with E-state index < -0.39 is 7.12 Å². The maximum Gasteiger partial charge on any atom is 0.552 e. The van der Waals surface area contributed by atoms with Gasteiger partial charge in [0, 0.05) is 28.8 Å². The number of hydrogen-bond acceptors (Lipinski definition) is 4. The van der Waals surface area contributed by atoms with E-state index in [0.29, 0.717) is 11.3 Å². The number of benzene rings is 1. The lowest BCUT2D eigenvalue weighted by Gasteiger charge is -2.39. The highest BCUT2D eigenvalue weighted by atomic mass is 16.5. The highest BCUT2D eigenvalue weighted by molar-refractivity contribution is 6.52. The van der Waals surface area contributed by atoms with Crippen molar-refractivity contribution < 1.29 is 14.5 Å². The number of amides is 1. The molecule has 1 aromatic carbocycles. The summed E-state index contributed by atoms with van der Waals surface area (Å²) in [7, 11) is -0.969. The summed E-state index contributed by atoms with van der Waals surface area (Å²) in [5.74, 6) is 2.60. The number of carbonyl (C=O) groups is 1. The van der Waals surface area contributed by atoms with Gasteiger partial charge in [-0.2, -0.15) is 0 Å². The number of pyridine rings is 1. The van der Waals surface area contributed by atoms with Gasteiger partial charge in [-0.1, -0.05) is 18.2 Å². The zero-order chi connectivity index (χ0) is 18.4. The molecule has 3 heterocycles. The Morgan fingerprint density at radius 1 is 1.26 bits per heavy atom. The molecule has 2 aliphatic rings. The standard InChI is InChI=1S/C20H18BN3O3/c25-20(12-4-2-1-3-5-12)24-14-8-13(9-14)16-10-21(26)27-17-11-23-19-15(18(16)17)6-7-22-19/h1-7,10-11,13-14,26H,8-9H2,(H,22,23)(H,24,25)/t13-,14+. The first-order valence-electron chi connectivity index (χ1n) is 9.08. The molecular weight excluding hydrogens is 341 g/mol. The molecule has 0 bridgehead atoms. The number of carbonyl (C=O) groups excluding carboxylic acids is 1. The molecule has 3 N–H and O–H groups in total. The second-order valence-electron chi connectivity index (χ2n) is 7.07. The number of nitrogens with one attached hydrogen (secondary N) is 2. The summed E-state index contributed by atoms with van der Waals surface area (Å²) in [6.45, 7) is 0. The van der Waals surface area contributed by atoms with Crippen LogP contribution in [0, 0.1) is 5.92 Å². The van der Waals surface area contributed by atoms with E-state index in [1.807, 2.05) is 42.6 Å². The highest BCUT2D eigenvalue weighted by Gasteiger charge is 2.38. The van der Waals surface area contributed by atoms with Crippen molar-refractivity contribution in [1.29, 1.82) is 0 Å². The largest absolute Gasteiger partial charge is 0.552 e. The third-order valence-corrected chi connectivity index (χ3v) is 5.36. The van der Waals surface area contributed by atoms with Gasteiger partial charge in [0.05, 0.1) is 6.20 Å². The summed E-state index contributed by atoms with van der Waals surface area (Å²) < 4.78 is 5.54. The lowest BCUT2D eigenvalue weighted by atomic mass is 9.68. The van der Waals surface area contributed by atoms with Crippen LogP contribution in [0.25, 0.3) is 16.6 Å². The van der Waals surface area contributed by atoms with Gasteiger partial charge in [-0.15, -0.1) is 0 Å². The molecule has 0 saturated heterocycles. The molecule has 0 unspecified atom stereocenters. The Kier molecular flexibility index (Phi) is 3.76. The van der Waals surface area contributed by atoms with Crippen LogP contribution in [0.2, 0.25) is 0 Å². The zero-order valence-electron chi connectivity index (χ0n) is 14.6. The predicted molar refractivity (Wildman–Crippen MR) is 103 cm³/mol. The maximum atomic E-state index is 12.3. The summed E-state index contributed by atoms with van der Waals surface area (Å²) in [4.78, 5) is 19.8. The molecule has 1 aliphatic carbocycles. The van der Waals surface area contributed by atoms with Gasteiger partial charge in [0.1, 0.15) is 11.4 Å². The molecule has 7 heteroatoms. The van der Waals surface area contributed by atoms with E-state index >= 15 is 0 Å². The number of H-pyrrole nitrogens is 1. The number of allylic oxidation sites excluding steroid dienone is 1. The number of aromatic nitrogens is 2. The molecule has 0 spiro atoms. The van der Waals surface area contributed by atoms with Crippen molar-refractivity contribution in [3.05, 3.63) is 65.9 Å². The molecule has 1 aliphatic heterocycles. The van der Waals surface area contributed by atoms with Gasteiger partial charge in [-0.05, 0) is 48.5 Å². The predicted octanol–water partition coefficient (Wildman–Crippen LogP) is 2.57. The molecule has 6 nitrogen and oxygen atoms in total. The maximum absolute atomic E-state index is 12.3. The first-order chi connectivity index (χ1) is 13.2. The SMILES string of the molecule is O=C(N[C@H]1C[C@@H](C2=CB(O)Oc3cnc4[nH]ccc4c32)C1)c1ccccc1. The first kappa shape index (κ1) is 16.1.